The van der Waals surface area contributed by atoms with Crippen LogP contribution < -0.4 is 0 Å². The molecule has 0 aliphatic carbocycles. The fourth-order valence-electron chi connectivity index (χ4n) is 1.89. The van der Waals surface area contributed by atoms with Crippen molar-refractivity contribution in [3.63, 3.8) is 0 Å². The van der Waals surface area contributed by atoms with Crippen LogP contribution in [-0.4, -0.2) is 48.8 Å². The summed E-state index contributed by atoms with van der Waals surface area (Å²) in [6.07, 6.45) is 1.80. The molecule has 0 aromatic carbocycles. The first kappa shape index (κ1) is 12.5. The Balaban J connectivity index is 2.28. The number of rotatable bonds is 4. The fraction of sp³-hybridized carbons (Fsp3) is 0.909. The normalized spacial score (nSPS) is 26.7. The van der Waals surface area contributed by atoms with Crippen LogP contribution in [0.5, 0.6) is 0 Å². The van der Waals surface area contributed by atoms with Crippen molar-refractivity contribution >= 4 is 5.91 Å². The molecular weight excluding hydrogens is 194 g/mol. The van der Waals surface area contributed by atoms with Gasteiger partial charge in [-0.15, -0.1) is 0 Å². The molecule has 1 rings (SSSR count). The number of nitrogens with zero attached hydrogens (tertiary/aromatic N) is 1. The van der Waals surface area contributed by atoms with Crippen LogP contribution in [0.4, 0.5) is 0 Å². The van der Waals surface area contributed by atoms with Crippen LogP contribution in [0.25, 0.3) is 0 Å². The third-order valence-corrected chi connectivity index (χ3v) is 2.95. The van der Waals surface area contributed by atoms with Crippen molar-refractivity contribution in [2.75, 3.05) is 26.8 Å². The second-order valence-electron chi connectivity index (χ2n) is 4.27. The minimum atomic E-state index is -0.243. The Bertz CT molecular complexity index is 208. The van der Waals surface area contributed by atoms with Gasteiger partial charge in [0.2, 0.25) is 5.91 Å². The smallest absolute Gasteiger partial charge is 0.222 e. The van der Waals surface area contributed by atoms with Gasteiger partial charge in [-0.3, -0.25) is 4.79 Å². The predicted molar refractivity (Wildman–Crippen MR) is 57.5 cm³/mol. The minimum Gasteiger partial charge on any atom is -0.393 e. The predicted octanol–water partition coefficient (Wildman–Crippen LogP) is 0.642. The van der Waals surface area contributed by atoms with Crippen LogP contribution in [0.1, 0.15) is 26.2 Å². The molecule has 1 amide bonds. The first-order valence-corrected chi connectivity index (χ1v) is 5.60. The molecule has 1 aliphatic rings. The molecule has 15 heavy (non-hydrogen) atoms. The van der Waals surface area contributed by atoms with Gasteiger partial charge in [0, 0.05) is 33.2 Å². The van der Waals surface area contributed by atoms with Gasteiger partial charge < -0.3 is 14.7 Å². The van der Waals surface area contributed by atoms with Crippen molar-refractivity contribution in [3.05, 3.63) is 0 Å². The average Bonchev–Trinajstić information content (AvgIpc) is 2.22. The van der Waals surface area contributed by atoms with Gasteiger partial charge in [-0.25, -0.2) is 0 Å². The Morgan fingerprint density at radius 3 is 2.93 bits per heavy atom. The number of hydrogen-bond acceptors (Lipinski definition) is 3. The number of amides is 1. The maximum atomic E-state index is 11.7. The summed E-state index contributed by atoms with van der Waals surface area (Å²) < 4.78 is 4.91. The van der Waals surface area contributed by atoms with Crippen molar-refractivity contribution in [3.8, 4) is 0 Å². The lowest BCUT2D eigenvalue weighted by Gasteiger charge is -2.34. The first-order valence-electron chi connectivity index (χ1n) is 5.60. The van der Waals surface area contributed by atoms with Crippen LogP contribution >= 0.6 is 0 Å². The van der Waals surface area contributed by atoms with E-state index in [1.54, 1.807) is 7.11 Å². The van der Waals surface area contributed by atoms with E-state index in [0.29, 0.717) is 32.5 Å². The van der Waals surface area contributed by atoms with Gasteiger partial charge in [0.15, 0.2) is 0 Å². The molecule has 1 saturated heterocycles. The molecule has 2 unspecified atom stereocenters. The van der Waals surface area contributed by atoms with Crippen molar-refractivity contribution in [1.29, 1.82) is 0 Å². The monoisotopic (exact) mass is 215 g/mol. The summed E-state index contributed by atoms with van der Waals surface area (Å²) in [7, 11) is 1.64. The van der Waals surface area contributed by atoms with E-state index in [9.17, 15) is 9.90 Å². The van der Waals surface area contributed by atoms with Gasteiger partial charge in [-0.05, 0) is 18.8 Å². The van der Waals surface area contributed by atoms with Gasteiger partial charge in [0.05, 0.1) is 6.10 Å². The lowest BCUT2D eigenvalue weighted by atomic mass is 9.96. The molecule has 88 valence electrons. The topological polar surface area (TPSA) is 49.8 Å². The summed E-state index contributed by atoms with van der Waals surface area (Å²) in [6.45, 7) is 4.00. The minimum absolute atomic E-state index is 0.186. The molecule has 0 saturated carbocycles. The average molecular weight is 215 g/mol. The molecule has 0 aromatic heterocycles. The fourth-order valence-corrected chi connectivity index (χ4v) is 1.89. The molecular formula is C11H21NO3. The van der Waals surface area contributed by atoms with E-state index in [2.05, 4.69) is 0 Å². The molecule has 0 bridgehead atoms. The lowest BCUT2D eigenvalue weighted by Crippen LogP contribution is -2.44. The molecule has 1 fully saturated rings. The summed E-state index contributed by atoms with van der Waals surface area (Å²) in [5.74, 6) is 0.385. The molecule has 2 atom stereocenters. The number of hydrogen-bond donors (Lipinski definition) is 1. The summed E-state index contributed by atoms with van der Waals surface area (Å²) >= 11 is 0. The number of carbonyl (C=O) groups excluding carboxylic acids is 1. The maximum Gasteiger partial charge on any atom is 0.222 e. The van der Waals surface area contributed by atoms with E-state index in [4.69, 9.17) is 4.74 Å². The zero-order chi connectivity index (χ0) is 11.3. The molecule has 0 aromatic rings. The summed E-state index contributed by atoms with van der Waals surface area (Å²) in [5.41, 5.74) is 0. The van der Waals surface area contributed by atoms with Gasteiger partial charge >= 0.3 is 0 Å². The lowest BCUT2D eigenvalue weighted by molar-refractivity contribution is -0.135. The maximum absolute atomic E-state index is 11.7. The Morgan fingerprint density at radius 2 is 2.33 bits per heavy atom. The number of ether oxygens (including phenoxy) is 1. The number of aliphatic hydroxyl groups is 1. The SMILES string of the molecule is COCCCC(=O)N1CCC(O)C(C)C1. The summed E-state index contributed by atoms with van der Waals surface area (Å²) in [5, 5.41) is 9.53. The molecule has 0 radical (unpaired) electrons. The number of methoxy groups -OCH3 is 1. The van der Waals surface area contributed by atoms with E-state index in [1.165, 1.54) is 0 Å². The molecule has 4 heteroatoms. The largest absolute Gasteiger partial charge is 0.393 e. The number of carbonyl (C=O) groups is 1. The van der Waals surface area contributed by atoms with E-state index < -0.39 is 0 Å². The van der Waals surface area contributed by atoms with Crippen LogP contribution in [0.2, 0.25) is 0 Å². The Labute approximate surface area is 91.2 Å². The standard InChI is InChI=1S/C11H21NO3/c1-9-8-12(6-5-10(9)13)11(14)4-3-7-15-2/h9-10,13H,3-8H2,1-2H3. The second-order valence-corrected chi connectivity index (χ2v) is 4.27. The van der Waals surface area contributed by atoms with Gasteiger partial charge in [-0.1, -0.05) is 6.92 Å². The van der Waals surface area contributed by atoms with E-state index >= 15 is 0 Å². The quantitative estimate of drug-likeness (QED) is 0.700. The highest BCUT2D eigenvalue weighted by Crippen LogP contribution is 2.17. The Hall–Kier alpha value is -0.610. The van der Waals surface area contributed by atoms with E-state index in [0.717, 1.165) is 6.42 Å². The number of piperidine rings is 1. The van der Waals surface area contributed by atoms with Crippen molar-refractivity contribution in [2.24, 2.45) is 5.92 Å². The van der Waals surface area contributed by atoms with Crippen LogP contribution in [0.3, 0.4) is 0 Å². The first-order chi connectivity index (χ1) is 7.15. The number of aliphatic hydroxyl groups excluding tert-OH is 1. The summed E-state index contributed by atoms with van der Waals surface area (Å²) in [4.78, 5) is 13.6. The molecule has 0 spiro atoms. The van der Waals surface area contributed by atoms with E-state index in [1.807, 2.05) is 11.8 Å². The van der Waals surface area contributed by atoms with Crippen LogP contribution in [0.15, 0.2) is 0 Å². The van der Waals surface area contributed by atoms with Gasteiger partial charge in [0.25, 0.3) is 0 Å². The third kappa shape index (κ3) is 3.80. The van der Waals surface area contributed by atoms with Gasteiger partial charge in [0.1, 0.15) is 0 Å². The Kier molecular flexibility index (Phi) is 5.05. The zero-order valence-corrected chi connectivity index (χ0v) is 9.61. The molecule has 1 N–H and O–H groups in total. The van der Waals surface area contributed by atoms with Crippen LogP contribution in [-0.2, 0) is 9.53 Å². The third-order valence-electron chi connectivity index (χ3n) is 2.95. The Morgan fingerprint density at radius 1 is 1.60 bits per heavy atom. The van der Waals surface area contributed by atoms with Crippen molar-refractivity contribution < 1.29 is 14.6 Å². The highest BCUT2D eigenvalue weighted by atomic mass is 16.5. The molecule has 4 nitrogen and oxygen atoms in total. The van der Waals surface area contributed by atoms with Crippen molar-refractivity contribution in [2.45, 2.75) is 32.3 Å². The molecule has 1 aliphatic heterocycles. The highest BCUT2D eigenvalue weighted by Gasteiger charge is 2.26. The number of likely N-dealkylation sites (tertiary alicyclic amines) is 1. The molecule has 1 heterocycles. The second kappa shape index (κ2) is 6.08. The highest BCUT2D eigenvalue weighted by molar-refractivity contribution is 5.76. The van der Waals surface area contributed by atoms with Gasteiger partial charge in [-0.2, -0.15) is 0 Å². The summed E-state index contributed by atoms with van der Waals surface area (Å²) in [6, 6.07) is 0. The van der Waals surface area contributed by atoms with Crippen LogP contribution in [0, 0.1) is 5.92 Å². The van der Waals surface area contributed by atoms with E-state index in [-0.39, 0.29) is 17.9 Å². The zero-order valence-electron chi connectivity index (χ0n) is 9.61. The van der Waals surface area contributed by atoms with Crippen molar-refractivity contribution in [1.82, 2.24) is 4.90 Å².